The van der Waals surface area contributed by atoms with Crippen LogP contribution in [0.15, 0.2) is 30.3 Å². The molecule has 0 radical (unpaired) electrons. The quantitative estimate of drug-likeness (QED) is 0.589. The summed E-state index contributed by atoms with van der Waals surface area (Å²) in [5.74, 6) is -0.441. The first-order valence-corrected chi connectivity index (χ1v) is 7.67. The molecule has 0 bridgehead atoms. The molecule has 0 N–H and O–H groups in total. The van der Waals surface area contributed by atoms with Crippen molar-refractivity contribution in [2.75, 3.05) is 6.79 Å². The molecule has 2 heterocycles. The number of cyclic esters (lactones) is 1. The van der Waals surface area contributed by atoms with Gasteiger partial charge in [0.25, 0.3) is 0 Å². The Kier molecular flexibility index (Phi) is 2.68. The van der Waals surface area contributed by atoms with Crippen LogP contribution in [0.5, 0.6) is 11.5 Å². The number of esters is 1. The van der Waals surface area contributed by atoms with Crippen LogP contribution in [0, 0.1) is 0 Å². The Morgan fingerprint density at radius 3 is 2.56 bits per heavy atom. The number of rotatable bonds is 1. The second-order valence-corrected chi connectivity index (χ2v) is 5.91. The second-order valence-electron chi connectivity index (χ2n) is 5.91. The summed E-state index contributed by atoms with van der Waals surface area (Å²) >= 11 is 0. The van der Waals surface area contributed by atoms with Gasteiger partial charge < -0.3 is 14.2 Å². The number of carbonyl (C=O) groups is 3. The van der Waals surface area contributed by atoms with E-state index >= 15 is 0 Å². The molecule has 25 heavy (non-hydrogen) atoms. The molecule has 2 aromatic rings. The van der Waals surface area contributed by atoms with Crippen LogP contribution < -0.4 is 9.47 Å². The van der Waals surface area contributed by atoms with Crippen LogP contribution in [0.1, 0.15) is 31.8 Å². The number of carbonyl (C=O) groups excluding carboxylic acids is 3. The van der Waals surface area contributed by atoms with E-state index in [2.05, 4.69) is 0 Å². The number of Topliss-reactive ketones (excluding diaryl/α,β-unsaturated/α-hetero) is 1. The van der Waals surface area contributed by atoms with E-state index in [4.69, 9.17) is 14.2 Å². The Hall–Kier alpha value is -3.41. The fourth-order valence-electron chi connectivity index (χ4n) is 3.40. The Morgan fingerprint density at radius 2 is 1.68 bits per heavy atom. The molecule has 6 nitrogen and oxygen atoms in total. The molecule has 0 atom stereocenters. The SMILES string of the molecule is O=C1C=Cc2cc3c(c(-c4ccc5c(c4)OCO5)c2C1=O)COC3=O. The molecular weight excluding hydrogens is 324 g/mol. The second kappa shape index (κ2) is 4.80. The molecule has 0 aromatic heterocycles. The highest BCUT2D eigenvalue weighted by molar-refractivity contribution is 6.51. The molecule has 2 aliphatic heterocycles. The summed E-state index contributed by atoms with van der Waals surface area (Å²) in [5.41, 5.74) is 3.07. The van der Waals surface area contributed by atoms with Crippen LogP contribution >= 0.6 is 0 Å². The standard InChI is InChI=1S/C19H10O6/c20-13-3-1-9-5-11-12(7-23-19(11)22)16(17(9)18(13)21)10-2-4-14-15(6-10)25-8-24-14/h1-6H,7-8H2. The van der Waals surface area contributed by atoms with Gasteiger partial charge in [-0.25, -0.2) is 4.79 Å². The molecule has 122 valence electrons. The summed E-state index contributed by atoms with van der Waals surface area (Å²) < 4.78 is 15.9. The third-order valence-corrected chi connectivity index (χ3v) is 4.56. The van der Waals surface area contributed by atoms with Crippen molar-refractivity contribution in [1.29, 1.82) is 0 Å². The summed E-state index contributed by atoms with van der Waals surface area (Å²) in [7, 11) is 0. The summed E-state index contributed by atoms with van der Waals surface area (Å²) in [6.07, 6.45) is 2.78. The van der Waals surface area contributed by atoms with E-state index in [-0.39, 0.29) is 13.4 Å². The van der Waals surface area contributed by atoms with Crippen LogP contribution in [0.2, 0.25) is 0 Å². The van der Waals surface area contributed by atoms with Gasteiger partial charge in [-0.3, -0.25) is 9.59 Å². The minimum atomic E-state index is -0.590. The van der Waals surface area contributed by atoms with Gasteiger partial charge >= 0.3 is 5.97 Å². The van der Waals surface area contributed by atoms with Gasteiger partial charge in [-0.2, -0.15) is 0 Å². The van der Waals surface area contributed by atoms with Crippen molar-refractivity contribution in [2.45, 2.75) is 6.61 Å². The van der Waals surface area contributed by atoms with Crippen LogP contribution in [0.25, 0.3) is 17.2 Å². The smallest absolute Gasteiger partial charge is 0.338 e. The first kappa shape index (κ1) is 14.0. The fourth-order valence-corrected chi connectivity index (χ4v) is 3.40. The van der Waals surface area contributed by atoms with Gasteiger partial charge in [-0.15, -0.1) is 0 Å². The van der Waals surface area contributed by atoms with E-state index in [1.165, 1.54) is 6.08 Å². The van der Waals surface area contributed by atoms with Crippen molar-refractivity contribution >= 4 is 23.6 Å². The number of allylic oxidation sites excluding steroid dienone is 1. The summed E-state index contributed by atoms with van der Waals surface area (Å²) in [6.45, 7) is 0.196. The fraction of sp³-hybridized carbons (Fsp3) is 0.105. The van der Waals surface area contributed by atoms with Crippen LogP contribution in [0.3, 0.4) is 0 Å². The molecule has 0 unspecified atom stereocenters. The molecule has 6 heteroatoms. The minimum Gasteiger partial charge on any atom is -0.457 e. The van der Waals surface area contributed by atoms with Gasteiger partial charge in [0, 0.05) is 16.7 Å². The third kappa shape index (κ3) is 1.88. The van der Waals surface area contributed by atoms with E-state index in [0.717, 1.165) is 0 Å². The number of ether oxygens (including phenoxy) is 3. The van der Waals surface area contributed by atoms with Crippen LogP contribution in [0.4, 0.5) is 0 Å². The average Bonchev–Trinajstić information content (AvgIpc) is 3.23. The van der Waals surface area contributed by atoms with Gasteiger partial charge in [0.1, 0.15) is 6.61 Å². The Balaban J connectivity index is 1.84. The van der Waals surface area contributed by atoms with Gasteiger partial charge in [-0.1, -0.05) is 12.1 Å². The lowest BCUT2D eigenvalue weighted by molar-refractivity contribution is -0.110. The lowest BCUT2D eigenvalue weighted by atomic mass is 9.83. The Labute approximate surface area is 141 Å². The van der Waals surface area contributed by atoms with Gasteiger partial charge in [-0.05, 0) is 35.4 Å². The lowest BCUT2D eigenvalue weighted by Gasteiger charge is -2.17. The number of ketones is 2. The zero-order valence-corrected chi connectivity index (χ0v) is 12.8. The molecule has 0 amide bonds. The highest BCUT2D eigenvalue weighted by Gasteiger charge is 2.34. The first-order valence-electron chi connectivity index (χ1n) is 7.67. The van der Waals surface area contributed by atoms with Gasteiger partial charge in [0.2, 0.25) is 18.4 Å². The summed E-state index contributed by atoms with van der Waals surface area (Å²) in [6, 6.07) is 6.88. The first-order chi connectivity index (χ1) is 12.1. The predicted molar refractivity (Wildman–Crippen MR) is 85.5 cm³/mol. The molecule has 5 rings (SSSR count). The third-order valence-electron chi connectivity index (χ3n) is 4.56. The zero-order chi connectivity index (χ0) is 17.1. The molecule has 2 aromatic carbocycles. The van der Waals surface area contributed by atoms with Crippen molar-refractivity contribution < 1.29 is 28.6 Å². The maximum Gasteiger partial charge on any atom is 0.338 e. The maximum absolute atomic E-state index is 12.5. The van der Waals surface area contributed by atoms with Crippen molar-refractivity contribution in [3.63, 3.8) is 0 Å². The number of fused-ring (bicyclic) bond motifs is 3. The van der Waals surface area contributed by atoms with Crippen LogP contribution in [-0.2, 0) is 16.1 Å². The van der Waals surface area contributed by atoms with Crippen LogP contribution in [-0.4, -0.2) is 24.3 Å². The largest absolute Gasteiger partial charge is 0.457 e. The number of benzene rings is 2. The topological polar surface area (TPSA) is 78.9 Å². The molecule has 0 spiro atoms. The summed E-state index contributed by atoms with van der Waals surface area (Å²) in [5, 5.41) is 0. The minimum absolute atomic E-state index is 0.0659. The van der Waals surface area contributed by atoms with Gasteiger partial charge in [0.05, 0.1) is 5.56 Å². The van der Waals surface area contributed by atoms with Crippen molar-refractivity contribution in [2.24, 2.45) is 0 Å². The number of hydrogen-bond donors (Lipinski definition) is 0. The normalized spacial score (nSPS) is 16.7. The van der Waals surface area contributed by atoms with E-state index < -0.39 is 17.5 Å². The molecule has 0 saturated carbocycles. The molecule has 0 fully saturated rings. The maximum atomic E-state index is 12.5. The van der Waals surface area contributed by atoms with E-state index in [1.54, 1.807) is 30.3 Å². The highest BCUT2D eigenvalue weighted by atomic mass is 16.7. The van der Waals surface area contributed by atoms with Crippen molar-refractivity contribution in [1.82, 2.24) is 0 Å². The molecular formula is C19H10O6. The summed E-state index contributed by atoms with van der Waals surface area (Å²) in [4.78, 5) is 36.5. The lowest BCUT2D eigenvalue weighted by Crippen LogP contribution is -2.19. The molecule has 3 aliphatic rings. The Morgan fingerprint density at radius 1 is 0.840 bits per heavy atom. The van der Waals surface area contributed by atoms with Crippen molar-refractivity contribution in [3.05, 3.63) is 52.6 Å². The van der Waals surface area contributed by atoms with E-state index in [1.807, 2.05) is 0 Å². The monoisotopic (exact) mass is 334 g/mol. The molecule has 1 aliphatic carbocycles. The van der Waals surface area contributed by atoms with Gasteiger partial charge in [0.15, 0.2) is 11.5 Å². The Bertz CT molecular complexity index is 1030. The zero-order valence-electron chi connectivity index (χ0n) is 12.8. The average molecular weight is 334 g/mol. The van der Waals surface area contributed by atoms with E-state index in [9.17, 15) is 14.4 Å². The molecule has 0 saturated heterocycles. The predicted octanol–water partition coefficient (Wildman–Crippen LogP) is 2.53. The van der Waals surface area contributed by atoms with E-state index in [0.29, 0.717) is 44.9 Å². The highest BCUT2D eigenvalue weighted by Crippen LogP contribution is 2.42. The van der Waals surface area contributed by atoms with Crippen molar-refractivity contribution in [3.8, 4) is 22.6 Å². The number of hydrogen-bond acceptors (Lipinski definition) is 6.